The van der Waals surface area contributed by atoms with Crippen molar-refractivity contribution in [1.82, 2.24) is 9.97 Å². The van der Waals surface area contributed by atoms with Crippen LogP contribution in [-0.4, -0.2) is 23.1 Å². The Kier molecular flexibility index (Phi) is 2.97. The minimum absolute atomic E-state index is 0.481. The molecule has 0 unspecified atom stereocenters. The zero-order valence-electron chi connectivity index (χ0n) is 10.2. The van der Waals surface area contributed by atoms with Gasteiger partial charge in [0.15, 0.2) is 5.82 Å². The second kappa shape index (κ2) is 4.61. The molecule has 2 N–H and O–H groups in total. The quantitative estimate of drug-likeness (QED) is 0.808. The fraction of sp³-hybridized carbons (Fsp3) is 0.692. The molecule has 4 nitrogen and oxygen atoms in total. The van der Waals surface area contributed by atoms with E-state index in [4.69, 9.17) is 5.73 Å². The minimum atomic E-state index is 0.481. The molecular formula is C13H20N4. The molecule has 2 saturated carbocycles. The summed E-state index contributed by atoms with van der Waals surface area (Å²) in [6.45, 7) is 2.76. The average molecular weight is 232 g/mol. The van der Waals surface area contributed by atoms with E-state index in [0.717, 1.165) is 36.4 Å². The normalized spacial score (nSPS) is 19.4. The van der Waals surface area contributed by atoms with Crippen LogP contribution in [0.2, 0.25) is 0 Å². The Morgan fingerprint density at radius 3 is 2.18 bits per heavy atom. The van der Waals surface area contributed by atoms with Crippen LogP contribution in [0.1, 0.15) is 31.4 Å². The van der Waals surface area contributed by atoms with E-state index < -0.39 is 0 Å². The van der Waals surface area contributed by atoms with E-state index in [1.54, 1.807) is 12.4 Å². The first-order valence-corrected chi connectivity index (χ1v) is 6.61. The Labute approximate surface area is 102 Å². The zero-order chi connectivity index (χ0) is 11.7. The Bertz CT molecular complexity index is 371. The van der Waals surface area contributed by atoms with Gasteiger partial charge in [0.1, 0.15) is 0 Å². The van der Waals surface area contributed by atoms with Gasteiger partial charge in [-0.2, -0.15) is 0 Å². The monoisotopic (exact) mass is 232 g/mol. The van der Waals surface area contributed by atoms with Crippen molar-refractivity contribution in [3.05, 3.63) is 18.1 Å². The molecular weight excluding hydrogens is 212 g/mol. The largest absolute Gasteiger partial charge is 0.355 e. The molecule has 0 aromatic carbocycles. The van der Waals surface area contributed by atoms with Crippen LogP contribution in [0, 0.1) is 11.8 Å². The van der Waals surface area contributed by atoms with Crippen LogP contribution in [0.4, 0.5) is 5.82 Å². The first kappa shape index (κ1) is 11.0. The highest BCUT2D eigenvalue weighted by Gasteiger charge is 2.30. The number of nitrogens with zero attached hydrogens (tertiary/aromatic N) is 3. The molecule has 3 rings (SSSR count). The van der Waals surface area contributed by atoms with Gasteiger partial charge in [-0.1, -0.05) is 0 Å². The Morgan fingerprint density at radius 1 is 1.06 bits per heavy atom. The molecule has 0 radical (unpaired) electrons. The highest BCUT2D eigenvalue weighted by molar-refractivity contribution is 5.43. The lowest BCUT2D eigenvalue weighted by molar-refractivity contribution is 0.664. The Balaban J connectivity index is 1.78. The van der Waals surface area contributed by atoms with Crippen molar-refractivity contribution in [2.75, 3.05) is 18.0 Å². The first-order valence-electron chi connectivity index (χ1n) is 6.61. The van der Waals surface area contributed by atoms with Gasteiger partial charge in [-0.25, -0.2) is 4.98 Å². The third-order valence-corrected chi connectivity index (χ3v) is 3.60. The van der Waals surface area contributed by atoms with E-state index in [1.165, 1.54) is 25.7 Å². The lowest BCUT2D eigenvalue weighted by atomic mass is 10.2. The molecule has 1 aromatic rings. The average Bonchev–Trinajstić information content (AvgIpc) is 3.23. The van der Waals surface area contributed by atoms with Gasteiger partial charge in [0.05, 0.1) is 5.69 Å². The van der Waals surface area contributed by atoms with Gasteiger partial charge in [0, 0.05) is 32.0 Å². The van der Waals surface area contributed by atoms with Gasteiger partial charge in [0.2, 0.25) is 0 Å². The lowest BCUT2D eigenvalue weighted by Crippen LogP contribution is -2.30. The van der Waals surface area contributed by atoms with E-state index in [9.17, 15) is 0 Å². The third-order valence-electron chi connectivity index (χ3n) is 3.60. The number of nitrogens with two attached hydrogens (primary N) is 1. The molecule has 92 valence electrons. The molecule has 0 aliphatic heterocycles. The van der Waals surface area contributed by atoms with Crippen LogP contribution in [0.3, 0.4) is 0 Å². The maximum absolute atomic E-state index is 5.75. The summed E-state index contributed by atoms with van der Waals surface area (Å²) in [5.41, 5.74) is 6.69. The van der Waals surface area contributed by atoms with E-state index >= 15 is 0 Å². The highest BCUT2D eigenvalue weighted by Crippen LogP contribution is 2.35. The summed E-state index contributed by atoms with van der Waals surface area (Å²) >= 11 is 0. The molecule has 0 spiro atoms. The number of aromatic nitrogens is 2. The second-order valence-corrected chi connectivity index (χ2v) is 5.32. The second-order valence-electron chi connectivity index (χ2n) is 5.32. The topological polar surface area (TPSA) is 55.0 Å². The van der Waals surface area contributed by atoms with Crippen molar-refractivity contribution in [2.45, 2.75) is 32.2 Å². The maximum Gasteiger partial charge on any atom is 0.151 e. The number of hydrogen-bond acceptors (Lipinski definition) is 4. The van der Waals surface area contributed by atoms with Crippen LogP contribution in [0.5, 0.6) is 0 Å². The van der Waals surface area contributed by atoms with Crippen molar-refractivity contribution in [3.63, 3.8) is 0 Å². The van der Waals surface area contributed by atoms with Crippen molar-refractivity contribution in [3.8, 4) is 0 Å². The van der Waals surface area contributed by atoms with Gasteiger partial charge in [-0.05, 0) is 37.5 Å². The van der Waals surface area contributed by atoms with Crippen molar-refractivity contribution in [1.29, 1.82) is 0 Å². The van der Waals surface area contributed by atoms with E-state index in [-0.39, 0.29) is 0 Å². The molecule has 0 bridgehead atoms. The van der Waals surface area contributed by atoms with Crippen LogP contribution >= 0.6 is 0 Å². The molecule has 0 saturated heterocycles. The smallest absolute Gasteiger partial charge is 0.151 e. The Morgan fingerprint density at radius 2 is 1.65 bits per heavy atom. The molecule has 17 heavy (non-hydrogen) atoms. The summed E-state index contributed by atoms with van der Waals surface area (Å²) in [6.07, 6.45) is 9.01. The fourth-order valence-corrected chi connectivity index (χ4v) is 2.24. The van der Waals surface area contributed by atoms with Gasteiger partial charge in [0.25, 0.3) is 0 Å². The molecule has 2 aliphatic carbocycles. The van der Waals surface area contributed by atoms with E-state index in [0.29, 0.717) is 6.54 Å². The summed E-state index contributed by atoms with van der Waals surface area (Å²) in [5, 5.41) is 0. The standard InChI is InChI=1S/C13H20N4/c14-7-12-13(16-6-5-15-12)17(8-10-1-2-10)9-11-3-4-11/h5-6,10-11H,1-4,7-9,14H2. The van der Waals surface area contributed by atoms with Crippen molar-refractivity contribution >= 4 is 5.82 Å². The molecule has 2 fully saturated rings. The molecule has 2 aliphatic rings. The molecule has 0 atom stereocenters. The lowest BCUT2D eigenvalue weighted by Gasteiger charge is -2.25. The van der Waals surface area contributed by atoms with Gasteiger partial charge < -0.3 is 10.6 Å². The molecule has 0 amide bonds. The number of rotatable bonds is 6. The van der Waals surface area contributed by atoms with Crippen LogP contribution in [-0.2, 0) is 6.54 Å². The van der Waals surface area contributed by atoms with E-state index in [2.05, 4.69) is 14.9 Å². The maximum atomic E-state index is 5.75. The van der Waals surface area contributed by atoms with E-state index in [1.807, 2.05) is 0 Å². The summed E-state index contributed by atoms with van der Waals surface area (Å²) in [4.78, 5) is 11.3. The van der Waals surface area contributed by atoms with Crippen molar-refractivity contribution in [2.24, 2.45) is 17.6 Å². The van der Waals surface area contributed by atoms with Crippen LogP contribution < -0.4 is 10.6 Å². The molecule has 1 heterocycles. The predicted octanol–water partition coefficient (Wildman–Crippen LogP) is 1.56. The zero-order valence-corrected chi connectivity index (χ0v) is 10.2. The third kappa shape index (κ3) is 2.75. The fourth-order valence-electron chi connectivity index (χ4n) is 2.24. The number of anilines is 1. The minimum Gasteiger partial charge on any atom is -0.355 e. The van der Waals surface area contributed by atoms with Gasteiger partial charge in [-0.3, -0.25) is 4.98 Å². The highest BCUT2D eigenvalue weighted by atomic mass is 15.2. The first-order chi connectivity index (χ1) is 8.36. The van der Waals surface area contributed by atoms with Gasteiger partial charge in [-0.15, -0.1) is 0 Å². The van der Waals surface area contributed by atoms with Crippen LogP contribution in [0.15, 0.2) is 12.4 Å². The molecule has 1 aromatic heterocycles. The summed E-state index contributed by atoms with van der Waals surface area (Å²) in [7, 11) is 0. The van der Waals surface area contributed by atoms with Crippen molar-refractivity contribution < 1.29 is 0 Å². The predicted molar refractivity (Wildman–Crippen MR) is 67.6 cm³/mol. The summed E-state index contributed by atoms with van der Waals surface area (Å²) in [6, 6.07) is 0. The Hall–Kier alpha value is -1.16. The van der Waals surface area contributed by atoms with Crippen LogP contribution in [0.25, 0.3) is 0 Å². The van der Waals surface area contributed by atoms with Gasteiger partial charge >= 0.3 is 0 Å². The molecule has 4 heteroatoms. The summed E-state index contributed by atoms with van der Waals surface area (Å²) in [5.74, 6) is 2.77. The summed E-state index contributed by atoms with van der Waals surface area (Å²) < 4.78 is 0. The number of hydrogen-bond donors (Lipinski definition) is 1. The SMILES string of the molecule is NCc1nccnc1N(CC1CC1)CC1CC1.